The van der Waals surface area contributed by atoms with E-state index in [1.54, 1.807) is 24.3 Å². The van der Waals surface area contributed by atoms with E-state index < -0.39 is 30.1 Å². The Balaban J connectivity index is 1.44. The second-order valence-corrected chi connectivity index (χ2v) is 9.32. The zero-order valence-electron chi connectivity index (χ0n) is 20.8. The lowest BCUT2D eigenvalue weighted by Gasteiger charge is -2.30. The SMILES string of the molecule is O=C(NC1CN(Cc2ccccc2)CCCC1NC(=O)C(F)(F)F)c1ccc(OCc2ccccc2)cc1. The molecule has 1 fully saturated rings. The molecule has 4 rings (SSSR count). The molecule has 2 amide bonds. The number of carbonyl (C=O) groups excluding carboxylic acids is 2. The smallest absolute Gasteiger partial charge is 0.471 e. The van der Waals surface area contributed by atoms with Crippen molar-refractivity contribution in [3.05, 3.63) is 102 Å². The van der Waals surface area contributed by atoms with Gasteiger partial charge in [-0.1, -0.05) is 60.7 Å². The van der Waals surface area contributed by atoms with E-state index in [1.807, 2.05) is 60.7 Å². The van der Waals surface area contributed by atoms with Crippen LogP contribution in [0.1, 0.15) is 34.3 Å². The third-order valence-electron chi connectivity index (χ3n) is 6.43. The van der Waals surface area contributed by atoms with Crippen molar-refractivity contribution in [1.82, 2.24) is 15.5 Å². The predicted octanol–water partition coefficient (Wildman–Crippen LogP) is 4.71. The van der Waals surface area contributed by atoms with Gasteiger partial charge >= 0.3 is 12.1 Å². The summed E-state index contributed by atoms with van der Waals surface area (Å²) >= 11 is 0. The van der Waals surface area contributed by atoms with Crippen LogP contribution in [0.3, 0.4) is 0 Å². The van der Waals surface area contributed by atoms with Crippen LogP contribution < -0.4 is 15.4 Å². The van der Waals surface area contributed by atoms with Crippen LogP contribution in [0.15, 0.2) is 84.9 Å². The van der Waals surface area contributed by atoms with Gasteiger partial charge in [0.1, 0.15) is 12.4 Å². The normalized spacial score (nSPS) is 18.3. The number of hydrogen-bond acceptors (Lipinski definition) is 4. The molecule has 2 atom stereocenters. The minimum absolute atomic E-state index is 0.293. The Hall–Kier alpha value is -3.85. The molecule has 0 spiro atoms. The zero-order valence-corrected chi connectivity index (χ0v) is 20.8. The highest BCUT2D eigenvalue weighted by molar-refractivity contribution is 5.94. The number of likely N-dealkylation sites (tertiary alicyclic amines) is 1. The maximum Gasteiger partial charge on any atom is 0.471 e. The average Bonchev–Trinajstić information content (AvgIpc) is 3.09. The Morgan fingerprint density at radius 3 is 2.11 bits per heavy atom. The third kappa shape index (κ3) is 7.82. The molecule has 0 saturated carbocycles. The highest BCUT2D eigenvalue weighted by Gasteiger charge is 2.41. The molecule has 2 N–H and O–H groups in total. The van der Waals surface area contributed by atoms with E-state index in [2.05, 4.69) is 15.5 Å². The first-order chi connectivity index (χ1) is 18.3. The minimum atomic E-state index is -5.00. The molecule has 3 aromatic rings. The number of hydrogen-bond donors (Lipinski definition) is 2. The highest BCUT2D eigenvalue weighted by atomic mass is 19.4. The lowest BCUT2D eigenvalue weighted by atomic mass is 10.0. The fourth-order valence-corrected chi connectivity index (χ4v) is 4.48. The molecule has 1 heterocycles. The Bertz CT molecular complexity index is 1190. The van der Waals surface area contributed by atoms with E-state index in [-0.39, 0.29) is 0 Å². The molecular weight excluding hydrogens is 495 g/mol. The summed E-state index contributed by atoms with van der Waals surface area (Å²) in [5.41, 5.74) is 2.41. The van der Waals surface area contributed by atoms with Gasteiger partial charge in [-0.15, -0.1) is 0 Å². The zero-order chi connectivity index (χ0) is 27.0. The van der Waals surface area contributed by atoms with Crippen LogP contribution in [0.5, 0.6) is 5.75 Å². The largest absolute Gasteiger partial charge is 0.489 e. The molecule has 3 aromatic carbocycles. The van der Waals surface area contributed by atoms with Crippen molar-refractivity contribution in [1.29, 1.82) is 0 Å². The summed E-state index contributed by atoms with van der Waals surface area (Å²) in [6, 6.07) is 24.4. The van der Waals surface area contributed by atoms with Gasteiger partial charge in [-0.05, 0) is 54.8 Å². The van der Waals surface area contributed by atoms with Gasteiger partial charge in [-0.25, -0.2) is 0 Å². The Kier molecular flexibility index (Phi) is 9.02. The number of rotatable bonds is 8. The Labute approximate surface area is 219 Å². The van der Waals surface area contributed by atoms with Gasteiger partial charge in [0.15, 0.2) is 0 Å². The fourth-order valence-electron chi connectivity index (χ4n) is 4.48. The van der Waals surface area contributed by atoms with Crippen molar-refractivity contribution < 1.29 is 27.5 Å². The minimum Gasteiger partial charge on any atom is -0.489 e. The van der Waals surface area contributed by atoms with Crippen molar-refractivity contribution in [2.75, 3.05) is 13.1 Å². The number of carbonyl (C=O) groups is 2. The molecule has 1 aliphatic heterocycles. The van der Waals surface area contributed by atoms with Crippen molar-refractivity contribution in [3.8, 4) is 5.75 Å². The fraction of sp³-hybridized carbons (Fsp3) is 0.310. The average molecular weight is 526 g/mol. The van der Waals surface area contributed by atoms with E-state index in [4.69, 9.17) is 4.74 Å². The summed E-state index contributed by atoms with van der Waals surface area (Å²) in [5.74, 6) is -1.85. The van der Waals surface area contributed by atoms with Crippen LogP contribution in [0, 0.1) is 0 Å². The Morgan fingerprint density at radius 2 is 1.47 bits per heavy atom. The number of nitrogens with one attached hydrogen (secondary N) is 2. The van der Waals surface area contributed by atoms with E-state index >= 15 is 0 Å². The maximum atomic E-state index is 13.1. The lowest BCUT2D eigenvalue weighted by molar-refractivity contribution is -0.174. The molecule has 2 unspecified atom stereocenters. The van der Waals surface area contributed by atoms with Gasteiger partial charge in [-0.3, -0.25) is 14.5 Å². The number of amides is 2. The molecule has 6 nitrogen and oxygen atoms in total. The second-order valence-electron chi connectivity index (χ2n) is 9.32. The van der Waals surface area contributed by atoms with Gasteiger partial charge in [-0.2, -0.15) is 13.2 Å². The van der Waals surface area contributed by atoms with E-state index in [0.29, 0.717) is 50.4 Å². The molecule has 1 saturated heterocycles. The number of ether oxygens (including phenoxy) is 1. The summed E-state index contributed by atoms with van der Waals surface area (Å²) in [4.78, 5) is 26.9. The molecule has 0 radical (unpaired) electrons. The highest BCUT2D eigenvalue weighted by Crippen LogP contribution is 2.20. The summed E-state index contributed by atoms with van der Waals surface area (Å²) in [7, 11) is 0. The van der Waals surface area contributed by atoms with E-state index in [9.17, 15) is 22.8 Å². The van der Waals surface area contributed by atoms with Crippen molar-refractivity contribution in [3.63, 3.8) is 0 Å². The van der Waals surface area contributed by atoms with Crippen LogP contribution in [0.2, 0.25) is 0 Å². The number of nitrogens with zero attached hydrogens (tertiary/aromatic N) is 1. The summed E-state index contributed by atoms with van der Waals surface area (Å²) in [6.45, 7) is 1.89. The van der Waals surface area contributed by atoms with Crippen LogP contribution in [0.25, 0.3) is 0 Å². The van der Waals surface area contributed by atoms with Crippen LogP contribution >= 0.6 is 0 Å². The second kappa shape index (κ2) is 12.6. The number of halogens is 3. The molecule has 1 aliphatic rings. The van der Waals surface area contributed by atoms with Crippen molar-refractivity contribution in [2.24, 2.45) is 0 Å². The van der Waals surface area contributed by atoms with Crippen LogP contribution in [0.4, 0.5) is 13.2 Å². The van der Waals surface area contributed by atoms with Gasteiger partial charge in [0.25, 0.3) is 5.91 Å². The Morgan fingerprint density at radius 1 is 0.842 bits per heavy atom. The summed E-state index contributed by atoms with van der Waals surface area (Å²) in [5, 5.41) is 4.98. The van der Waals surface area contributed by atoms with E-state index in [0.717, 1.165) is 11.1 Å². The van der Waals surface area contributed by atoms with Crippen molar-refractivity contribution in [2.45, 2.75) is 44.3 Å². The molecule has 38 heavy (non-hydrogen) atoms. The third-order valence-corrected chi connectivity index (χ3v) is 6.43. The summed E-state index contributed by atoms with van der Waals surface area (Å²) < 4.78 is 44.8. The van der Waals surface area contributed by atoms with Gasteiger partial charge in [0, 0.05) is 18.7 Å². The van der Waals surface area contributed by atoms with Gasteiger partial charge < -0.3 is 15.4 Å². The standard InChI is InChI=1S/C29H30F3N3O3/c30-29(31,32)28(37)34-25-12-7-17-35(18-21-8-3-1-4-9-21)19-26(25)33-27(36)23-13-15-24(16-14-23)38-20-22-10-5-2-6-11-22/h1-6,8-11,13-16,25-26H,7,12,17-20H2,(H,33,36)(H,34,37). The first-order valence-corrected chi connectivity index (χ1v) is 12.5. The molecule has 9 heteroatoms. The monoisotopic (exact) mass is 525 g/mol. The number of alkyl halides is 3. The van der Waals surface area contributed by atoms with Crippen molar-refractivity contribution >= 4 is 11.8 Å². The maximum absolute atomic E-state index is 13.1. The summed E-state index contributed by atoms with van der Waals surface area (Å²) in [6.07, 6.45) is -4.11. The molecular formula is C29H30F3N3O3. The predicted molar refractivity (Wildman–Crippen MR) is 137 cm³/mol. The van der Waals surface area contributed by atoms with Gasteiger partial charge in [0.2, 0.25) is 0 Å². The molecule has 0 aromatic heterocycles. The van der Waals surface area contributed by atoms with Gasteiger partial charge in [0.05, 0.1) is 12.1 Å². The number of benzene rings is 3. The van der Waals surface area contributed by atoms with E-state index in [1.165, 1.54) is 0 Å². The van der Waals surface area contributed by atoms with Crippen LogP contribution in [-0.2, 0) is 17.9 Å². The molecule has 0 bridgehead atoms. The first kappa shape index (κ1) is 27.2. The first-order valence-electron chi connectivity index (χ1n) is 12.5. The molecule has 0 aliphatic carbocycles. The quantitative estimate of drug-likeness (QED) is 0.447. The molecule has 200 valence electrons. The topological polar surface area (TPSA) is 70.7 Å². The lowest BCUT2D eigenvalue weighted by Crippen LogP contribution is -2.56. The van der Waals surface area contributed by atoms with Crippen LogP contribution in [-0.4, -0.2) is 48.1 Å².